The van der Waals surface area contributed by atoms with Crippen LogP contribution in [0.5, 0.6) is 11.6 Å². The molecule has 1 fully saturated rings. The molecule has 220 valence electrons. The van der Waals surface area contributed by atoms with E-state index in [9.17, 15) is 4.79 Å². The Hall–Kier alpha value is -4.51. The maximum atomic E-state index is 13.4. The van der Waals surface area contributed by atoms with E-state index in [1.54, 1.807) is 48.3 Å². The van der Waals surface area contributed by atoms with E-state index in [1.807, 2.05) is 24.3 Å². The van der Waals surface area contributed by atoms with Crippen LogP contribution in [0.2, 0.25) is 5.02 Å². The summed E-state index contributed by atoms with van der Waals surface area (Å²) in [5.41, 5.74) is 11.2. The first-order chi connectivity index (χ1) is 20.7. The summed E-state index contributed by atoms with van der Waals surface area (Å²) < 4.78 is 7.87. The number of ether oxygens (including phenoxy) is 1. The van der Waals surface area contributed by atoms with Gasteiger partial charge in [-0.05, 0) is 67.6 Å². The number of aryl methyl sites for hydroxylation is 2. The average Bonchev–Trinajstić information content (AvgIpc) is 3.37. The molecule has 0 radical (unpaired) electrons. The number of rotatable bonds is 7. The van der Waals surface area contributed by atoms with Gasteiger partial charge in [-0.25, -0.2) is 4.98 Å². The summed E-state index contributed by atoms with van der Waals surface area (Å²) in [6, 6.07) is 18.2. The minimum Gasteiger partial charge on any atom is -0.438 e. The number of likely N-dealkylation sites (N-methyl/N-ethyl adjacent to an activating group) is 1. The van der Waals surface area contributed by atoms with Gasteiger partial charge in [0.2, 0.25) is 5.88 Å². The van der Waals surface area contributed by atoms with Crippen LogP contribution in [0.3, 0.4) is 0 Å². The average molecular weight is 597 g/mol. The number of nitrogens with two attached hydrogens (primary N) is 1. The van der Waals surface area contributed by atoms with Crippen LogP contribution in [0, 0.1) is 6.92 Å². The summed E-state index contributed by atoms with van der Waals surface area (Å²) >= 11 is 6.48. The minimum atomic E-state index is -0.337. The van der Waals surface area contributed by atoms with E-state index >= 15 is 0 Å². The topological polar surface area (TPSA) is 114 Å². The third-order valence-electron chi connectivity index (χ3n) is 7.59. The molecule has 43 heavy (non-hydrogen) atoms. The summed E-state index contributed by atoms with van der Waals surface area (Å²) in [6.45, 7) is 7.21. The zero-order valence-electron chi connectivity index (χ0n) is 24.3. The zero-order chi connectivity index (χ0) is 30.1. The molecule has 11 heteroatoms. The molecule has 0 aliphatic carbocycles. The number of aromatic nitrogens is 4. The number of carbonyl (C=O) groups excluding carboxylic acids is 1. The number of nitrogens with one attached hydrogen (secondary N) is 1. The molecule has 0 unspecified atom stereocenters. The lowest BCUT2D eigenvalue weighted by Crippen LogP contribution is -2.43. The van der Waals surface area contributed by atoms with Crippen molar-refractivity contribution in [2.24, 2.45) is 7.05 Å². The smallest absolute Gasteiger partial charge is 0.257 e. The number of piperazine rings is 1. The highest BCUT2D eigenvalue weighted by molar-refractivity contribution is 6.34. The predicted octanol–water partition coefficient (Wildman–Crippen LogP) is 5.37. The number of anilines is 2. The number of halogens is 1. The van der Waals surface area contributed by atoms with E-state index in [0.29, 0.717) is 44.9 Å². The molecule has 3 heterocycles. The summed E-state index contributed by atoms with van der Waals surface area (Å²) in [7, 11) is 3.96. The molecule has 6 rings (SSSR count). The summed E-state index contributed by atoms with van der Waals surface area (Å²) in [5.74, 6) is 0.787. The quantitative estimate of drug-likeness (QED) is 0.241. The van der Waals surface area contributed by atoms with Gasteiger partial charge in [0.15, 0.2) is 11.5 Å². The molecular weight excluding hydrogens is 564 g/mol. The monoisotopic (exact) mass is 596 g/mol. The molecule has 0 spiro atoms. The van der Waals surface area contributed by atoms with Crippen LogP contribution in [-0.2, 0) is 13.6 Å². The first-order valence-corrected chi connectivity index (χ1v) is 14.5. The molecule has 1 aliphatic rings. The predicted molar refractivity (Wildman–Crippen MR) is 170 cm³/mol. The van der Waals surface area contributed by atoms with E-state index in [4.69, 9.17) is 22.1 Å². The van der Waals surface area contributed by atoms with Crippen LogP contribution in [0.15, 0.2) is 66.9 Å². The molecule has 5 aromatic rings. The third kappa shape index (κ3) is 6.46. The lowest BCUT2D eigenvalue weighted by Gasteiger charge is -2.32. The lowest BCUT2D eigenvalue weighted by molar-refractivity contribution is 0.102. The van der Waals surface area contributed by atoms with Gasteiger partial charge in [-0.2, -0.15) is 10.1 Å². The Morgan fingerprint density at radius 2 is 1.84 bits per heavy atom. The van der Waals surface area contributed by atoms with Crippen molar-refractivity contribution in [3.8, 4) is 23.0 Å². The highest BCUT2D eigenvalue weighted by Gasteiger charge is 2.18. The Labute approximate surface area is 255 Å². The summed E-state index contributed by atoms with van der Waals surface area (Å²) in [5, 5.41) is 8.37. The van der Waals surface area contributed by atoms with E-state index in [-0.39, 0.29) is 11.5 Å². The second-order valence-electron chi connectivity index (χ2n) is 10.9. The van der Waals surface area contributed by atoms with Crippen LogP contribution in [-0.4, -0.2) is 68.7 Å². The van der Waals surface area contributed by atoms with Crippen LogP contribution >= 0.6 is 11.6 Å². The summed E-state index contributed by atoms with van der Waals surface area (Å²) in [4.78, 5) is 27.4. The molecule has 1 amide bonds. The number of amides is 1. The van der Waals surface area contributed by atoms with Crippen molar-refractivity contribution in [3.63, 3.8) is 0 Å². The number of hydrogen-bond donors (Lipinski definition) is 2. The van der Waals surface area contributed by atoms with Gasteiger partial charge in [0.1, 0.15) is 11.1 Å². The molecule has 1 aliphatic heterocycles. The number of carbonyl (C=O) groups is 1. The molecule has 2 aromatic heterocycles. The van der Waals surface area contributed by atoms with Gasteiger partial charge in [-0.15, -0.1) is 0 Å². The van der Waals surface area contributed by atoms with Crippen molar-refractivity contribution in [3.05, 3.63) is 88.6 Å². The molecule has 3 N–H and O–H groups in total. The fourth-order valence-corrected chi connectivity index (χ4v) is 5.33. The van der Waals surface area contributed by atoms with Crippen molar-refractivity contribution in [2.45, 2.75) is 13.5 Å². The first-order valence-electron chi connectivity index (χ1n) is 14.1. The van der Waals surface area contributed by atoms with Crippen LogP contribution in [0.4, 0.5) is 11.4 Å². The molecular formula is C32H33ClN8O2. The number of nitrogen functional groups attached to an aromatic ring is 1. The Morgan fingerprint density at radius 1 is 1.02 bits per heavy atom. The van der Waals surface area contributed by atoms with Crippen molar-refractivity contribution in [1.82, 2.24) is 29.5 Å². The Balaban J connectivity index is 1.22. The van der Waals surface area contributed by atoms with E-state index in [1.165, 1.54) is 5.56 Å². The van der Waals surface area contributed by atoms with Crippen molar-refractivity contribution in [2.75, 3.05) is 44.3 Å². The lowest BCUT2D eigenvalue weighted by atomic mass is 10.1. The van der Waals surface area contributed by atoms with Gasteiger partial charge in [-0.3, -0.25) is 14.4 Å². The van der Waals surface area contributed by atoms with Gasteiger partial charge < -0.3 is 20.7 Å². The Bertz CT molecular complexity index is 1810. The van der Waals surface area contributed by atoms with Crippen LogP contribution in [0.25, 0.3) is 22.4 Å². The fraction of sp³-hybridized carbons (Fsp3) is 0.250. The highest BCUT2D eigenvalue weighted by Crippen LogP contribution is 2.32. The summed E-state index contributed by atoms with van der Waals surface area (Å²) in [6.07, 6.45) is 1.78. The molecule has 3 aromatic carbocycles. The third-order valence-corrected chi connectivity index (χ3v) is 7.92. The van der Waals surface area contributed by atoms with Gasteiger partial charge in [0, 0.05) is 62.9 Å². The number of hydrogen-bond acceptors (Lipinski definition) is 8. The van der Waals surface area contributed by atoms with Crippen molar-refractivity contribution in [1.29, 1.82) is 0 Å². The largest absolute Gasteiger partial charge is 0.438 e. The standard InChI is InChI=1S/C32H33ClN8O2/c1-20-15-24(8-7-22(20)18-41-13-11-39(2)12-14-41)35-31(42)26-17-25(9-10-28(26)33)43-32-27-19-40(3)38-30(27)36-29(37-32)21-5-4-6-23(34)16-21/h4-10,15-17,19H,11-14,18,34H2,1-3H3,(H,35,42). The van der Waals surface area contributed by atoms with Crippen LogP contribution < -0.4 is 15.8 Å². The van der Waals surface area contributed by atoms with Gasteiger partial charge in [0.05, 0.1) is 10.6 Å². The SMILES string of the molecule is Cc1cc(NC(=O)c2cc(Oc3nc(-c4cccc(N)c4)nc4nn(C)cc34)ccc2Cl)ccc1CN1CCN(C)CC1. The van der Waals surface area contributed by atoms with Gasteiger partial charge in [0.25, 0.3) is 5.91 Å². The first kappa shape index (κ1) is 28.6. The van der Waals surface area contributed by atoms with Crippen LogP contribution in [0.1, 0.15) is 21.5 Å². The Kier molecular flexibility index (Phi) is 7.98. The van der Waals surface area contributed by atoms with Gasteiger partial charge >= 0.3 is 0 Å². The minimum absolute atomic E-state index is 0.283. The number of benzene rings is 3. The molecule has 0 saturated carbocycles. The van der Waals surface area contributed by atoms with E-state index in [2.05, 4.69) is 50.2 Å². The number of fused-ring (bicyclic) bond motifs is 1. The molecule has 10 nitrogen and oxygen atoms in total. The fourth-order valence-electron chi connectivity index (χ4n) is 5.13. The zero-order valence-corrected chi connectivity index (χ0v) is 25.1. The molecule has 0 bridgehead atoms. The highest BCUT2D eigenvalue weighted by atomic mass is 35.5. The second kappa shape index (κ2) is 12.0. The normalized spacial score (nSPS) is 14.2. The number of nitrogens with zero attached hydrogens (tertiary/aromatic N) is 6. The van der Waals surface area contributed by atoms with Crippen molar-refractivity contribution < 1.29 is 9.53 Å². The van der Waals surface area contributed by atoms with Gasteiger partial charge in [-0.1, -0.05) is 29.8 Å². The Morgan fingerprint density at radius 3 is 2.60 bits per heavy atom. The molecule has 0 atom stereocenters. The maximum absolute atomic E-state index is 13.4. The van der Waals surface area contributed by atoms with Crippen molar-refractivity contribution >= 4 is 39.9 Å². The maximum Gasteiger partial charge on any atom is 0.257 e. The van der Waals surface area contributed by atoms with E-state index < -0.39 is 0 Å². The second-order valence-corrected chi connectivity index (χ2v) is 11.3. The van der Waals surface area contributed by atoms with E-state index in [0.717, 1.165) is 43.9 Å². The molecule has 1 saturated heterocycles.